The van der Waals surface area contributed by atoms with Crippen molar-refractivity contribution in [3.63, 3.8) is 0 Å². The van der Waals surface area contributed by atoms with Gasteiger partial charge in [0.15, 0.2) is 5.17 Å². The molecular formula is C13H14N2O3S2. The highest BCUT2D eigenvalue weighted by Gasteiger charge is 2.29. The number of sulfonamides is 1. The van der Waals surface area contributed by atoms with Crippen molar-refractivity contribution in [3.05, 3.63) is 42.5 Å². The molecule has 7 heteroatoms. The Morgan fingerprint density at radius 3 is 2.65 bits per heavy atom. The fourth-order valence-corrected chi connectivity index (χ4v) is 3.77. The zero-order chi connectivity index (χ0) is 14.8. The highest BCUT2D eigenvalue weighted by molar-refractivity contribution is 8.15. The molecule has 0 N–H and O–H groups in total. The Morgan fingerprint density at radius 2 is 2.05 bits per heavy atom. The minimum Gasteiger partial charge on any atom is -0.286 e. The van der Waals surface area contributed by atoms with Gasteiger partial charge < -0.3 is 0 Å². The van der Waals surface area contributed by atoms with Gasteiger partial charge in [0.25, 0.3) is 10.0 Å². The van der Waals surface area contributed by atoms with Crippen LogP contribution in [0.3, 0.4) is 0 Å². The fraction of sp³-hybridized carbons (Fsp3) is 0.231. The Hall–Kier alpha value is -1.60. The lowest BCUT2D eigenvalue weighted by molar-refractivity contribution is -0.123. The van der Waals surface area contributed by atoms with E-state index in [2.05, 4.69) is 11.0 Å². The molecule has 0 radical (unpaired) electrons. The van der Waals surface area contributed by atoms with E-state index < -0.39 is 10.0 Å². The van der Waals surface area contributed by atoms with Crippen molar-refractivity contribution in [1.29, 1.82) is 0 Å². The summed E-state index contributed by atoms with van der Waals surface area (Å²) in [6, 6.07) is 6.44. The average molecular weight is 310 g/mol. The number of carbonyl (C=O) groups is 1. The predicted octanol–water partition coefficient (Wildman–Crippen LogP) is 1.80. The predicted molar refractivity (Wildman–Crippen MR) is 80.2 cm³/mol. The quantitative estimate of drug-likeness (QED) is 0.795. The fourth-order valence-electron chi connectivity index (χ4n) is 1.64. The number of rotatable bonds is 4. The topological polar surface area (TPSA) is 66.8 Å². The molecule has 5 nitrogen and oxygen atoms in total. The summed E-state index contributed by atoms with van der Waals surface area (Å²) in [7, 11) is -3.80. The van der Waals surface area contributed by atoms with Crippen LogP contribution in [0.2, 0.25) is 0 Å². The molecule has 106 valence electrons. The second-order valence-electron chi connectivity index (χ2n) is 4.24. The van der Waals surface area contributed by atoms with Crippen LogP contribution in [0, 0.1) is 6.92 Å². The van der Waals surface area contributed by atoms with Crippen LogP contribution in [-0.2, 0) is 14.8 Å². The van der Waals surface area contributed by atoms with Crippen LogP contribution in [0.15, 0.2) is 46.2 Å². The Kier molecular flexibility index (Phi) is 4.29. The van der Waals surface area contributed by atoms with Crippen LogP contribution in [0.5, 0.6) is 0 Å². The second-order valence-corrected chi connectivity index (χ2v) is 6.79. The van der Waals surface area contributed by atoms with Gasteiger partial charge in [0, 0.05) is 6.54 Å². The van der Waals surface area contributed by atoms with Crippen molar-refractivity contribution in [2.75, 3.05) is 12.3 Å². The Balaban J connectivity index is 2.35. The first kappa shape index (κ1) is 14.8. The summed E-state index contributed by atoms with van der Waals surface area (Å²) < 4.78 is 28.2. The van der Waals surface area contributed by atoms with Gasteiger partial charge in [-0.3, -0.25) is 9.69 Å². The molecule has 0 aliphatic carbocycles. The molecular weight excluding hydrogens is 296 g/mol. The van der Waals surface area contributed by atoms with E-state index in [9.17, 15) is 13.2 Å². The molecule has 20 heavy (non-hydrogen) atoms. The normalized spacial score (nSPS) is 17.8. The van der Waals surface area contributed by atoms with Gasteiger partial charge in [0.2, 0.25) is 5.91 Å². The zero-order valence-corrected chi connectivity index (χ0v) is 12.6. The van der Waals surface area contributed by atoms with E-state index in [0.29, 0.717) is 0 Å². The molecule has 1 saturated heterocycles. The number of nitrogens with zero attached hydrogens (tertiary/aromatic N) is 2. The van der Waals surface area contributed by atoms with Gasteiger partial charge in [-0.15, -0.1) is 11.0 Å². The number of carbonyl (C=O) groups excluding carboxylic acids is 1. The smallest absolute Gasteiger partial charge is 0.284 e. The van der Waals surface area contributed by atoms with Gasteiger partial charge in [-0.05, 0) is 19.1 Å². The van der Waals surface area contributed by atoms with E-state index in [1.54, 1.807) is 12.1 Å². The number of hydrogen-bond donors (Lipinski definition) is 0. The van der Waals surface area contributed by atoms with Gasteiger partial charge in [-0.2, -0.15) is 8.42 Å². The number of aryl methyl sites for hydroxylation is 1. The molecule has 1 fully saturated rings. The highest BCUT2D eigenvalue weighted by Crippen LogP contribution is 2.22. The molecule has 0 saturated carbocycles. The zero-order valence-electron chi connectivity index (χ0n) is 10.9. The van der Waals surface area contributed by atoms with Crippen molar-refractivity contribution in [2.45, 2.75) is 11.8 Å². The molecule has 0 bridgehead atoms. The third-order valence-corrected chi connectivity index (χ3v) is 5.04. The van der Waals surface area contributed by atoms with E-state index >= 15 is 0 Å². The van der Waals surface area contributed by atoms with E-state index in [1.165, 1.54) is 23.1 Å². The maximum Gasteiger partial charge on any atom is 0.284 e. The molecule has 0 atom stereocenters. The first-order valence-electron chi connectivity index (χ1n) is 5.90. The molecule has 0 spiro atoms. The van der Waals surface area contributed by atoms with Gasteiger partial charge in [-0.1, -0.05) is 35.5 Å². The Labute approximate surface area is 122 Å². The molecule has 1 aliphatic rings. The van der Waals surface area contributed by atoms with Crippen LogP contribution in [-0.4, -0.2) is 36.7 Å². The molecule has 1 aromatic carbocycles. The van der Waals surface area contributed by atoms with E-state index in [1.807, 2.05) is 6.92 Å². The maximum atomic E-state index is 12.2. The van der Waals surface area contributed by atoms with Crippen molar-refractivity contribution in [3.8, 4) is 0 Å². The molecule has 1 amide bonds. The maximum absolute atomic E-state index is 12.2. The number of hydrogen-bond acceptors (Lipinski definition) is 4. The number of thioether (sulfide) groups is 1. The van der Waals surface area contributed by atoms with Crippen LogP contribution in [0.1, 0.15) is 5.56 Å². The summed E-state index contributed by atoms with van der Waals surface area (Å²) in [5.74, 6) is 0.0450. The largest absolute Gasteiger partial charge is 0.286 e. The van der Waals surface area contributed by atoms with E-state index in [4.69, 9.17) is 0 Å². The summed E-state index contributed by atoms with van der Waals surface area (Å²) >= 11 is 1.12. The Bertz CT molecular complexity index is 663. The average Bonchev–Trinajstić information content (AvgIpc) is 2.72. The van der Waals surface area contributed by atoms with E-state index in [-0.39, 0.29) is 28.3 Å². The molecule has 1 aliphatic heterocycles. The lowest BCUT2D eigenvalue weighted by Gasteiger charge is -2.12. The molecule has 1 heterocycles. The second kappa shape index (κ2) is 5.80. The first-order chi connectivity index (χ1) is 9.44. The molecule has 0 aromatic heterocycles. The number of amides is 1. The molecule has 2 rings (SSSR count). The van der Waals surface area contributed by atoms with Crippen molar-refractivity contribution in [1.82, 2.24) is 4.90 Å². The monoisotopic (exact) mass is 310 g/mol. The van der Waals surface area contributed by atoms with Crippen molar-refractivity contribution < 1.29 is 13.2 Å². The SMILES string of the molecule is C=CCN1C(=O)CS/C1=N/S(=O)(=O)c1ccc(C)cc1. The van der Waals surface area contributed by atoms with Gasteiger partial charge in [0.05, 0.1) is 10.6 Å². The summed E-state index contributed by atoms with van der Waals surface area (Å²) in [6.07, 6.45) is 1.54. The van der Waals surface area contributed by atoms with Crippen molar-refractivity contribution >= 4 is 32.9 Å². The van der Waals surface area contributed by atoms with Crippen LogP contribution in [0.25, 0.3) is 0 Å². The van der Waals surface area contributed by atoms with Gasteiger partial charge in [0.1, 0.15) is 0 Å². The van der Waals surface area contributed by atoms with Gasteiger partial charge in [-0.25, -0.2) is 0 Å². The van der Waals surface area contributed by atoms with Crippen LogP contribution < -0.4 is 0 Å². The summed E-state index contributed by atoms with van der Waals surface area (Å²) in [4.78, 5) is 13.1. The Morgan fingerprint density at radius 1 is 1.40 bits per heavy atom. The van der Waals surface area contributed by atoms with Crippen LogP contribution >= 0.6 is 11.8 Å². The van der Waals surface area contributed by atoms with Crippen molar-refractivity contribution in [2.24, 2.45) is 4.40 Å². The summed E-state index contributed by atoms with van der Waals surface area (Å²) in [5, 5.41) is 0.204. The van der Waals surface area contributed by atoms with E-state index in [0.717, 1.165) is 17.3 Å². The summed E-state index contributed by atoms with van der Waals surface area (Å²) in [5.41, 5.74) is 0.968. The minimum absolute atomic E-state index is 0.120. The minimum atomic E-state index is -3.80. The molecule has 0 unspecified atom stereocenters. The molecule has 1 aromatic rings. The number of benzene rings is 1. The third kappa shape index (κ3) is 3.10. The third-order valence-electron chi connectivity index (χ3n) is 2.69. The first-order valence-corrected chi connectivity index (χ1v) is 8.32. The lowest BCUT2D eigenvalue weighted by atomic mass is 10.2. The lowest BCUT2D eigenvalue weighted by Crippen LogP contribution is -2.30. The van der Waals surface area contributed by atoms with Crippen LogP contribution in [0.4, 0.5) is 0 Å². The highest BCUT2D eigenvalue weighted by atomic mass is 32.2. The summed E-state index contributed by atoms with van der Waals surface area (Å²) in [6.45, 7) is 5.68. The number of amidine groups is 1. The standard InChI is InChI=1S/C13H14N2O3S2/c1-3-8-15-12(16)9-19-13(15)14-20(17,18)11-6-4-10(2)5-7-11/h3-7H,1,8-9H2,2H3/b14-13+. The van der Waals surface area contributed by atoms with Gasteiger partial charge >= 0.3 is 0 Å².